The summed E-state index contributed by atoms with van der Waals surface area (Å²) in [4.78, 5) is 25.1. The number of carbonyl (C=O) groups excluding carboxylic acids is 2. The van der Waals surface area contributed by atoms with E-state index in [0.29, 0.717) is 5.56 Å². The van der Waals surface area contributed by atoms with E-state index in [9.17, 15) is 18.0 Å². The standard InChI is InChI=1S/C16H19BrO6S/c1-4-22-14(18)16(15(19)23-5-2)12(13(16)24(3,20)21)10-6-8-11(17)9-7-10/h6-9,12-13H,4-5H2,1-3H3/t12-,13+/m0/s1. The molecule has 0 aromatic heterocycles. The highest BCUT2D eigenvalue weighted by atomic mass is 79.9. The maximum absolute atomic E-state index is 12.6. The Balaban J connectivity index is 2.58. The molecule has 1 saturated carbocycles. The van der Waals surface area contributed by atoms with Crippen molar-refractivity contribution in [1.82, 2.24) is 0 Å². The second-order valence-corrected chi connectivity index (χ2v) is 8.67. The molecule has 0 radical (unpaired) electrons. The molecule has 132 valence electrons. The van der Waals surface area contributed by atoms with Crippen LogP contribution in [0, 0.1) is 5.41 Å². The van der Waals surface area contributed by atoms with Gasteiger partial charge in [0.2, 0.25) is 0 Å². The van der Waals surface area contributed by atoms with Crippen LogP contribution in [0.15, 0.2) is 28.7 Å². The Bertz CT molecular complexity index is 722. The summed E-state index contributed by atoms with van der Waals surface area (Å²) in [6.45, 7) is 3.29. The summed E-state index contributed by atoms with van der Waals surface area (Å²) in [7, 11) is -3.68. The van der Waals surface area contributed by atoms with Crippen molar-refractivity contribution in [3.05, 3.63) is 34.3 Å². The van der Waals surface area contributed by atoms with Gasteiger partial charge in [-0.15, -0.1) is 0 Å². The molecule has 1 aromatic rings. The SMILES string of the molecule is CCOC(=O)C1(C(=O)OCC)[C@H](S(C)(=O)=O)[C@@H]1c1ccc(Br)cc1. The third-order valence-corrected chi connectivity index (χ3v) is 6.14. The van der Waals surface area contributed by atoms with Crippen LogP contribution in [0.4, 0.5) is 0 Å². The summed E-state index contributed by atoms with van der Waals surface area (Å²) < 4.78 is 35.4. The van der Waals surface area contributed by atoms with E-state index >= 15 is 0 Å². The second-order valence-electron chi connectivity index (χ2n) is 5.59. The monoisotopic (exact) mass is 418 g/mol. The molecular formula is C16H19BrO6S. The first-order chi connectivity index (χ1) is 11.2. The van der Waals surface area contributed by atoms with Crippen LogP contribution >= 0.6 is 15.9 Å². The first-order valence-electron chi connectivity index (χ1n) is 7.50. The van der Waals surface area contributed by atoms with Crippen molar-refractivity contribution in [3.8, 4) is 0 Å². The Labute approximate surface area is 149 Å². The molecule has 2 atom stereocenters. The van der Waals surface area contributed by atoms with Crippen molar-refractivity contribution < 1.29 is 27.5 Å². The lowest BCUT2D eigenvalue weighted by atomic mass is 9.99. The molecule has 0 unspecified atom stereocenters. The Morgan fingerprint density at radius 1 is 1.08 bits per heavy atom. The number of rotatable bonds is 6. The van der Waals surface area contributed by atoms with Crippen LogP contribution in [0.3, 0.4) is 0 Å². The molecule has 2 rings (SSSR count). The van der Waals surface area contributed by atoms with Crippen molar-refractivity contribution in [1.29, 1.82) is 0 Å². The van der Waals surface area contributed by atoms with Gasteiger partial charge >= 0.3 is 11.9 Å². The summed E-state index contributed by atoms with van der Waals surface area (Å²) in [6.07, 6.45) is 1.02. The Morgan fingerprint density at radius 3 is 1.92 bits per heavy atom. The molecule has 0 bridgehead atoms. The molecule has 1 aromatic carbocycles. The number of carbonyl (C=O) groups is 2. The minimum atomic E-state index is -3.68. The van der Waals surface area contributed by atoms with Crippen LogP contribution in [-0.2, 0) is 28.9 Å². The van der Waals surface area contributed by atoms with Gasteiger partial charge in [-0.2, -0.15) is 0 Å². The van der Waals surface area contributed by atoms with Gasteiger partial charge in [0.05, 0.1) is 18.5 Å². The Kier molecular flexibility index (Phi) is 5.39. The van der Waals surface area contributed by atoms with E-state index in [1.54, 1.807) is 38.1 Å². The molecule has 8 heteroatoms. The van der Waals surface area contributed by atoms with E-state index in [4.69, 9.17) is 9.47 Å². The summed E-state index contributed by atoms with van der Waals surface area (Å²) in [6, 6.07) is 6.84. The number of hydrogen-bond donors (Lipinski definition) is 0. The number of sulfone groups is 1. The highest BCUT2D eigenvalue weighted by Gasteiger charge is 2.80. The van der Waals surface area contributed by atoms with Crippen molar-refractivity contribution in [2.45, 2.75) is 25.0 Å². The summed E-state index contributed by atoms with van der Waals surface area (Å²) in [5.74, 6) is -2.53. The number of ether oxygens (including phenoxy) is 2. The third kappa shape index (κ3) is 3.09. The first kappa shape index (κ1) is 18.9. The molecule has 1 aliphatic rings. The molecule has 1 fully saturated rings. The molecule has 0 amide bonds. The van der Waals surface area contributed by atoms with Crippen LogP contribution in [0.1, 0.15) is 25.3 Å². The quantitative estimate of drug-likeness (QED) is 0.519. The fourth-order valence-electron chi connectivity index (χ4n) is 3.12. The Hall–Kier alpha value is -1.41. The van der Waals surface area contributed by atoms with E-state index in [0.717, 1.165) is 10.7 Å². The van der Waals surface area contributed by atoms with Crippen LogP contribution in [0.2, 0.25) is 0 Å². The van der Waals surface area contributed by atoms with Gasteiger partial charge in [-0.25, -0.2) is 8.42 Å². The zero-order chi connectivity index (χ0) is 18.1. The molecule has 24 heavy (non-hydrogen) atoms. The molecule has 0 saturated heterocycles. The molecule has 0 aliphatic heterocycles. The average molecular weight is 419 g/mol. The predicted octanol–water partition coefficient (Wildman–Crippen LogP) is 2.07. The molecule has 0 heterocycles. The number of hydrogen-bond acceptors (Lipinski definition) is 6. The van der Waals surface area contributed by atoms with Crippen molar-refractivity contribution in [3.63, 3.8) is 0 Å². The van der Waals surface area contributed by atoms with E-state index in [1.165, 1.54) is 0 Å². The molecule has 1 aliphatic carbocycles. The summed E-state index contributed by atoms with van der Waals surface area (Å²) in [5, 5.41) is -1.19. The zero-order valence-electron chi connectivity index (χ0n) is 13.6. The van der Waals surface area contributed by atoms with E-state index in [2.05, 4.69) is 15.9 Å². The van der Waals surface area contributed by atoms with Gasteiger partial charge in [-0.3, -0.25) is 9.59 Å². The van der Waals surface area contributed by atoms with Crippen LogP contribution in [-0.4, -0.2) is 45.1 Å². The third-order valence-electron chi connectivity index (χ3n) is 4.05. The summed E-state index contributed by atoms with van der Waals surface area (Å²) >= 11 is 3.30. The van der Waals surface area contributed by atoms with E-state index in [-0.39, 0.29) is 13.2 Å². The highest BCUT2D eigenvalue weighted by molar-refractivity contribution is 9.10. The summed E-state index contributed by atoms with van der Waals surface area (Å²) in [5.41, 5.74) is -1.26. The van der Waals surface area contributed by atoms with Gasteiger partial charge in [0.1, 0.15) is 0 Å². The fraction of sp³-hybridized carbons (Fsp3) is 0.500. The topological polar surface area (TPSA) is 86.7 Å². The second kappa shape index (κ2) is 6.84. The zero-order valence-corrected chi connectivity index (χ0v) is 16.0. The van der Waals surface area contributed by atoms with Crippen molar-refractivity contribution in [2.75, 3.05) is 19.5 Å². The fourth-order valence-corrected chi connectivity index (χ4v) is 5.19. The first-order valence-corrected chi connectivity index (χ1v) is 10.2. The minimum Gasteiger partial charge on any atom is -0.465 e. The van der Waals surface area contributed by atoms with Gasteiger partial charge in [0.15, 0.2) is 15.3 Å². The number of esters is 2. The smallest absolute Gasteiger partial charge is 0.325 e. The van der Waals surface area contributed by atoms with Crippen LogP contribution in [0.5, 0.6) is 0 Å². The van der Waals surface area contributed by atoms with Crippen molar-refractivity contribution in [2.24, 2.45) is 5.41 Å². The van der Waals surface area contributed by atoms with E-state index in [1.807, 2.05) is 0 Å². The molecule has 0 N–H and O–H groups in total. The van der Waals surface area contributed by atoms with Gasteiger partial charge < -0.3 is 9.47 Å². The van der Waals surface area contributed by atoms with Crippen LogP contribution in [0.25, 0.3) is 0 Å². The highest BCUT2D eigenvalue weighted by Crippen LogP contribution is 2.64. The maximum Gasteiger partial charge on any atom is 0.325 e. The molecular weight excluding hydrogens is 400 g/mol. The lowest BCUT2D eigenvalue weighted by molar-refractivity contribution is -0.164. The lowest BCUT2D eigenvalue weighted by Crippen LogP contribution is -2.35. The maximum atomic E-state index is 12.6. The van der Waals surface area contributed by atoms with Gasteiger partial charge in [0, 0.05) is 16.6 Å². The van der Waals surface area contributed by atoms with Gasteiger partial charge in [-0.05, 0) is 31.5 Å². The minimum absolute atomic E-state index is 0.0452. The van der Waals surface area contributed by atoms with Gasteiger partial charge in [-0.1, -0.05) is 28.1 Å². The normalized spacial score (nSPS) is 21.8. The molecule has 6 nitrogen and oxygen atoms in total. The van der Waals surface area contributed by atoms with E-state index < -0.39 is 38.4 Å². The number of benzene rings is 1. The van der Waals surface area contributed by atoms with Crippen molar-refractivity contribution >= 4 is 37.7 Å². The largest absolute Gasteiger partial charge is 0.465 e. The van der Waals surface area contributed by atoms with Gasteiger partial charge in [0.25, 0.3) is 0 Å². The predicted molar refractivity (Wildman–Crippen MR) is 91.2 cm³/mol. The molecule has 0 spiro atoms. The lowest BCUT2D eigenvalue weighted by Gasteiger charge is -2.15. The van der Waals surface area contributed by atoms with Crippen LogP contribution < -0.4 is 0 Å². The number of halogens is 1. The average Bonchev–Trinajstić information content (AvgIpc) is 3.20. The Morgan fingerprint density at radius 2 is 1.54 bits per heavy atom.